The van der Waals surface area contributed by atoms with Crippen LogP contribution in [-0.2, 0) is 19.9 Å². The van der Waals surface area contributed by atoms with Gasteiger partial charge in [0.1, 0.15) is 0 Å². The van der Waals surface area contributed by atoms with Crippen LogP contribution in [0.5, 0.6) is 0 Å². The molecule has 4 nitrogen and oxygen atoms in total. The van der Waals surface area contributed by atoms with E-state index in [-0.39, 0.29) is 18.1 Å². The van der Waals surface area contributed by atoms with E-state index in [9.17, 15) is 8.42 Å². The van der Waals surface area contributed by atoms with Crippen molar-refractivity contribution in [2.45, 2.75) is 32.2 Å². The first-order valence-corrected chi connectivity index (χ1v) is 6.96. The second kappa shape index (κ2) is 4.08. The molecule has 94 valence electrons. The average molecular weight is 255 g/mol. The summed E-state index contributed by atoms with van der Waals surface area (Å²) in [6.45, 7) is 6.59. The van der Waals surface area contributed by atoms with Crippen molar-refractivity contribution in [2.24, 2.45) is 0 Å². The van der Waals surface area contributed by atoms with E-state index in [0.29, 0.717) is 0 Å². The van der Waals surface area contributed by atoms with Crippen molar-refractivity contribution in [1.29, 1.82) is 0 Å². The second-order valence-electron chi connectivity index (χ2n) is 5.28. The van der Waals surface area contributed by atoms with Gasteiger partial charge in [0.05, 0.1) is 12.6 Å². The SMILES string of the molecule is CC(C)(C)c1ccc([C@H]2COS(=O)(=O)N2)cc1. The fourth-order valence-electron chi connectivity index (χ4n) is 1.78. The van der Waals surface area contributed by atoms with Gasteiger partial charge in [0, 0.05) is 0 Å². The van der Waals surface area contributed by atoms with Gasteiger partial charge in [0.2, 0.25) is 0 Å². The van der Waals surface area contributed by atoms with Crippen LogP contribution >= 0.6 is 0 Å². The van der Waals surface area contributed by atoms with E-state index < -0.39 is 10.3 Å². The van der Waals surface area contributed by atoms with Crippen molar-refractivity contribution in [3.63, 3.8) is 0 Å². The molecule has 1 heterocycles. The van der Waals surface area contributed by atoms with Gasteiger partial charge in [0.25, 0.3) is 0 Å². The van der Waals surface area contributed by atoms with Crippen molar-refractivity contribution >= 4 is 10.3 Å². The zero-order valence-corrected chi connectivity index (χ0v) is 11.0. The van der Waals surface area contributed by atoms with E-state index in [0.717, 1.165) is 5.56 Å². The molecule has 0 spiro atoms. The Kier molecular flexibility index (Phi) is 3.01. The lowest BCUT2D eigenvalue weighted by atomic mass is 9.86. The molecule has 0 aliphatic carbocycles. The zero-order valence-electron chi connectivity index (χ0n) is 10.2. The van der Waals surface area contributed by atoms with Crippen LogP contribution in [0.1, 0.15) is 37.9 Å². The molecule has 0 bridgehead atoms. The Morgan fingerprint density at radius 2 is 1.82 bits per heavy atom. The van der Waals surface area contributed by atoms with Gasteiger partial charge in [-0.15, -0.1) is 0 Å². The highest BCUT2D eigenvalue weighted by molar-refractivity contribution is 7.84. The highest BCUT2D eigenvalue weighted by Crippen LogP contribution is 2.26. The maximum absolute atomic E-state index is 11.1. The summed E-state index contributed by atoms with van der Waals surface area (Å²) in [4.78, 5) is 0. The molecule has 1 aliphatic rings. The van der Waals surface area contributed by atoms with Crippen LogP contribution in [-0.4, -0.2) is 15.0 Å². The molecule has 0 unspecified atom stereocenters. The first-order chi connectivity index (χ1) is 7.78. The topological polar surface area (TPSA) is 55.4 Å². The first-order valence-electron chi connectivity index (χ1n) is 5.55. The van der Waals surface area contributed by atoms with Gasteiger partial charge in [-0.25, -0.2) is 0 Å². The molecular formula is C12H17NO3S. The molecule has 0 radical (unpaired) electrons. The third-order valence-corrected chi connectivity index (χ3v) is 3.88. The largest absolute Gasteiger partial charge is 0.336 e. The van der Waals surface area contributed by atoms with Gasteiger partial charge in [-0.3, -0.25) is 4.18 Å². The summed E-state index contributed by atoms with van der Waals surface area (Å²) in [5.41, 5.74) is 2.26. The molecule has 1 N–H and O–H groups in total. The van der Waals surface area contributed by atoms with Crippen molar-refractivity contribution in [2.75, 3.05) is 6.61 Å². The molecule has 2 rings (SSSR count). The summed E-state index contributed by atoms with van der Waals surface area (Å²) in [5, 5.41) is 0. The zero-order chi connectivity index (χ0) is 12.7. The number of nitrogens with one attached hydrogen (secondary N) is 1. The lowest BCUT2D eigenvalue weighted by Crippen LogP contribution is -2.20. The molecule has 1 aromatic rings. The fourth-order valence-corrected chi connectivity index (χ4v) is 2.72. The van der Waals surface area contributed by atoms with Gasteiger partial charge >= 0.3 is 10.3 Å². The Balaban J connectivity index is 2.20. The van der Waals surface area contributed by atoms with Crippen LogP contribution in [0, 0.1) is 0 Å². The molecule has 1 atom stereocenters. The lowest BCUT2D eigenvalue weighted by Gasteiger charge is -2.19. The summed E-state index contributed by atoms with van der Waals surface area (Å²) in [7, 11) is -3.53. The molecule has 1 saturated heterocycles. The maximum Gasteiger partial charge on any atom is 0.336 e. The third kappa shape index (κ3) is 2.86. The first kappa shape index (κ1) is 12.5. The van der Waals surface area contributed by atoms with Crippen molar-refractivity contribution in [3.05, 3.63) is 35.4 Å². The Morgan fingerprint density at radius 3 is 2.24 bits per heavy atom. The van der Waals surface area contributed by atoms with E-state index in [1.54, 1.807) is 0 Å². The van der Waals surface area contributed by atoms with E-state index in [2.05, 4.69) is 29.7 Å². The van der Waals surface area contributed by atoms with E-state index in [4.69, 9.17) is 0 Å². The van der Waals surface area contributed by atoms with Crippen LogP contribution in [0.15, 0.2) is 24.3 Å². The molecule has 0 amide bonds. The number of hydrogen-bond acceptors (Lipinski definition) is 3. The highest BCUT2D eigenvalue weighted by atomic mass is 32.2. The standard InChI is InChI=1S/C12H17NO3S/c1-12(2,3)10-6-4-9(5-7-10)11-8-16-17(14,15)13-11/h4-7,11,13H,8H2,1-3H3/t11-/m1/s1. The molecule has 1 aliphatic heterocycles. The fraction of sp³-hybridized carbons (Fsp3) is 0.500. The molecule has 17 heavy (non-hydrogen) atoms. The summed E-state index contributed by atoms with van der Waals surface area (Å²) in [6.07, 6.45) is 0. The molecular weight excluding hydrogens is 238 g/mol. The van der Waals surface area contributed by atoms with Gasteiger partial charge in [-0.05, 0) is 16.5 Å². The van der Waals surface area contributed by atoms with Gasteiger partial charge < -0.3 is 0 Å². The highest BCUT2D eigenvalue weighted by Gasteiger charge is 2.29. The average Bonchev–Trinajstić information content (AvgIpc) is 2.58. The summed E-state index contributed by atoms with van der Waals surface area (Å²) in [6, 6.07) is 7.68. The van der Waals surface area contributed by atoms with Crippen LogP contribution in [0.3, 0.4) is 0 Å². The maximum atomic E-state index is 11.1. The number of hydrogen-bond donors (Lipinski definition) is 1. The van der Waals surface area contributed by atoms with Gasteiger partial charge in [-0.2, -0.15) is 13.1 Å². The third-order valence-electron chi connectivity index (χ3n) is 2.86. The van der Waals surface area contributed by atoms with Gasteiger partial charge in [0.15, 0.2) is 0 Å². The summed E-state index contributed by atoms with van der Waals surface area (Å²) >= 11 is 0. The van der Waals surface area contributed by atoms with E-state index >= 15 is 0 Å². The van der Waals surface area contributed by atoms with Crippen molar-refractivity contribution in [1.82, 2.24) is 4.72 Å². The minimum atomic E-state index is -3.53. The van der Waals surface area contributed by atoms with Crippen molar-refractivity contribution < 1.29 is 12.6 Å². The normalized spacial score (nSPS) is 23.8. The van der Waals surface area contributed by atoms with E-state index in [1.165, 1.54) is 5.56 Å². The van der Waals surface area contributed by atoms with Crippen molar-refractivity contribution in [3.8, 4) is 0 Å². The lowest BCUT2D eigenvalue weighted by molar-refractivity contribution is 0.338. The Hall–Kier alpha value is -0.910. The molecule has 1 aromatic carbocycles. The molecule has 1 fully saturated rings. The van der Waals surface area contributed by atoms with Crippen LogP contribution in [0.2, 0.25) is 0 Å². The quantitative estimate of drug-likeness (QED) is 0.833. The Morgan fingerprint density at radius 1 is 1.24 bits per heavy atom. The van der Waals surface area contributed by atoms with Gasteiger partial charge in [-0.1, -0.05) is 45.0 Å². The van der Waals surface area contributed by atoms with Crippen LogP contribution in [0.4, 0.5) is 0 Å². The summed E-state index contributed by atoms with van der Waals surface area (Å²) in [5.74, 6) is 0. The smallest absolute Gasteiger partial charge is 0.256 e. The van der Waals surface area contributed by atoms with Crippen LogP contribution in [0.25, 0.3) is 0 Å². The number of benzene rings is 1. The Bertz CT molecular complexity index is 500. The second-order valence-corrected chi connectivity index (χ2v) is 6.66. The predicted octanol–water partition coefficient (Wildman–Crippen LogP) is 1.89. The van der Waals surface area contributed by atoms with Crippen LogP contribution < -0.4 is 4.72 Å². The Labute approximate surface area is 102 Å². The molecule has 5 heteroatoms. The monoisotopic (exact) mass is 255 g/mol. The minimum absolute atomic E-state index is 0.101. The minimum Gasteiger partial charge on any atom is -0.256 e. The molecule has 0 saturated carbocycles. The molecule has 0 aromatic heterocycles. The van der Waals surface area contributed by atoms with E-state index in [1.807, 2.05) is 24.3 Å². The predicted molar refractivity (Wildman–Crippen MR) is 65.9 cm³/mol. The number of rotatable bonds is 1. The summed E-state index contributed by atoms with van der Waals surface area (Å²) < 4.78 is 29.3.